The lowest BCUT2D eigenvalue weighted by atomic mass is 10.2. The summed E-state index contributed by atoms with van der Waals surface area (Å²) in [4.78, 5) is 3.92. The van der Waals surface area contributed by atoms with E-state index in [-0.39, 0.29) is 17.3 Å². The van der Waals surface area contributed by atoms with Crippen LogP contribution in [0.1, 0.15) is 5.56 Å². The number of hydrazine groups is 1. The molecule has 2 aromatic rings. The molecule has 21 heavy (non-hydrogen) atoms. The molecule has 1 aromatic carbocycles. The maximum atomic E-state index is 12.6. The summed E-state index contributed by atoms with van der Waals surface area (Å²) in [6.07, 6.45) is 1.42. The van der Waals surface area contributed by atoms with Crippen LogP contribution < -0.4 is 11.3 Å². The van der Waals surface area contributed by atoms with Gasteiger partial charge in [0.05, 0.1) is 5.69 Å². The Kier molecular flexibility index (Phi) is 4.94. The molecule has 0 unspecified atom stereocenters. The zero-order chi connectivity index (χ0) is 15.5. The van der Waals surface area contributed by atoms with Gasteiger partial charge in [0.1, 0.15) is 0 Å². The molecule has 0 atom stereocenters. The minimum Gasteiger partial charge on any atom is -0.321 e. The van der Waals surface area contributed by atoms with E-state index >= 15 is 0 Å². The molecule has 0 radical (unpaired) electrons. The van der Waals surface area contributed by atoms with Crippen LogP contribution in [0.4, 0.5) is 5.69 Å². The average Bonchev–Trinajstić information content (AvgIpc) is 2.47. The van der Waals surface area contributed by atoms with Crippen molar-refractivity contribution in [2.75, 3.05) is 12.5 Å². The highest BCUT2D eigenvalue weighted by molar-refractivity contribution is 9.10. The van der Waals surface area contributed by atoms with Crippen molar-refractivity contribution in [3.05, 3.63) is 52.6 Å². The van der Waals surface area contributed by atoms with Crippen molar-refractivity contribution in [3.63, 3.8) is 0 Å². The molecule has 3 N–H and O–H groups in total. The molecule has 112 valence electrons. The fraction of sp³-hybridized carbons (Fsp3) is 0.154. The number of hydrogen-bond donors (Lipinski definition) is 2. The molecule has 2 rings (SSSR count). The van der Waals surface area contributed by atoms with Crippen LogP contribution in [0.3, 0.4) is 0 Å². The zero-order valence-corrected chi connectivity index (χ0v) is 13.7. The summed E-state index contributed by atoms with van der Waals surface area (Å²) >= 11 is 3.36. The molecule has 1 heterocycles. The molecule has 0 saturated heterocycles. The van der Waals surface area contributed by atoms with E-state index in [1.165, 1.54) is 17.5 Å². The highest BCUT2D eigenvalue weighted by atomic mass is 79.9. The van der Waals surface area contributed by atoms with Crippen LogP contribution in [0.25, 0.3) is 0 Å². The summed E-state index contributed by atoms with van der Waals surface area (Å²) in [5.74, 6) is 5.34. The first kappa shape index (κ1) is 15.9. The quantitative estimate of drug-likeness (QED) is 0.620. The van der Waals surface area contributed by atoms with E-state index in [9.17, 15) is 8.42 Å². The molecule has 0 spiro atoms. The molecule has 0 aliphatic carbocycles. The van der Waals surface area contributed by atoms with Crippen LogP contribution in [0, 0.1) is 0 Å². The Morgan fingerprint density at radius 3 is 2.76 bits per heavy atom. The maximum absolute atomic E-state index is 12.6. The van der Waals surface area contributed by atoms with Crippen LogP contribution in [0.5, 0.6) is 0 Å². The third kappa shape index (κ3) is 3.59. The van der Waals surface area contributed by atoms with E-state index in [1.54, 1.807) is 12.1 Å². The average molecular weight is 371 g/mol. The van der Waals surface area contributed by atoms with Crippen molar-refractivity contribution in [1.82, 2.24) is 9.29 Å². The lowest BCUT2D eigenvalue weighted by molar-refractivity contribution is 0.464. The van der Waals surface area contributed by atoms with Crippen LogP contribution >= 0.6 is 15.9 Å². The first-order chi connectivity index (χ1) is 9.95. The van der Waals surface area contributed by atoms with Gasteiger partial charge in [-0.25, -0.2) is 13.4 Å². The van der Waals surface area contributed by atoms with E-state index in [0.717, 1.165) is 10.0 Å². The fourth-order valence-electron chi connectivity index (χ4n) is 1.83. The van der Waals surface area contributed by atoms with Crippen molar-refractivity contribution < 1.29 is 8.42 Å². The number of nitrogens with zero attached hydrogens (tertiary/aromatic N) is 2. The third-order valence-corrected chi connectivity index (χ3v) is 5.13. The van der Waals surface area contributed by atoms with Crippen molar-refractivity contribution in [3.8, 4) is 0 Å². The highest BCUT2D eigenvalue weighted by Gasteiger charge is 2.25. The van der Waals surface area contributed by atoms with Crippen LogP contribution in [-0.2, 0) is 16.6 Å². The van der Waals surface area contributed by atoms with E-state index < -0.39 is 10.0 Å². The number of anilines is 1. The number of nitrogen functional groups attached to an aromatic ring is 1. The molecule has 1 aromatic heterocycles. The molecular weight excluding hydrogens is 356 g/mol. The third-order valence-electron chi connectivity index (χ3n) is 2.88. The second kappa shape index (κ2) is 6.52. The summed E-state index contributed by atoms with van der Waals surface area (Å²) in [5.41, 5.74) is 3.49. The van der Waals surface area contributed by atoms with E-state index in [2.05, 4.69) is 26.3 Å². The second-order valence-electron chi connectivity index (χ2n) is 4.39. The van der Waals surface area contributed by atoms with Gasteiger partial charge in [0.15, 0.2) is 5.03 Å². The van der Waals surface area contributed by atoms with Crippen LogP contribution in [0.2, 0.25) is 0 Å². The number of aromatic nitrogens is 1. The minimum absolute atomic E-state index is 0.0926. The fourth-order valence-corrected chi connectivity index (χ4v) is 3.49. The number of sulfonamides is 1. The largest absolute Gasteiger partial charge is 0.321 e. The van der Waals surface area contributed by atoms with Gasteiger partial charge < -0.3 is 5.43 Å². The van der Waals surface area contributed by atoms with E-state index in [4.69, 9.17) is 5.84 Å². The van der Waals surface area contributed by atoms with Crippen LogP contribution in [-0.4, -0.2) is 24.8 Å². The number of benzene rings is 1. The monoisotopic (exact) mass is 370 g/mol. The lowest BCUT2D eigenvalue weighted by Crippen LogP contribution is -2.28. The van der Waals surface area contributed by atoms with Gasteiger partial charge in [0, 0.05) is 24.3 Å². The smallest absolute Gasteiger partial charge is 0.262 e. The summed E-state index contributed by atoms with van der Waals surface area (Å²) < 4.78 is 27.2. The normalized spacial score (nSPS) is 11.6. The molecule has 0 aliphatic rings. The number of rotatable bonds is 5. The summed E-state index contributed by atoms with van der Waals surface area (Å²) in [5, 5.41) is -0.0926. The number of hydrogen-bond acceptors (Lipinski definition) is 5. The number of pyridine rings is 1. The van der Waals surface area contributed by atoms with Crippen molar-refractivity contribution >= 4 is 31.6 Å². The topological polar surface area (TPSA) is 88.3 Å². The van der Waals surface area contributed by atoms with E-state index in [0.29, 0.717) is 0 Å². The Hall–Kier alpha value is -1.48. The van der Waals surface area contributed by atoms with Crippen molar-refractivity contribution in [1.29, 1.82) is 0 Å². The predicted octanol–water partition coefficient (Wildman–Crippen LogP) is 1.95. The Morgan fingerprint density at radius 2 is 2.10 bits per heavy atom. The zero-order valence-electron chi connectivity index (χ0n) is 11.3. The van der Waals surface area contributed by atoms with Crippen LogP contribution in [0.15, 0.2) is 52.1 Å². The Bertz CT molecular complexity index is 736. The lowest BCUT2D eigenvalue weighted by Gasteiger charge is -2.18. The SMILES string of the molecule is CN(Cc1cccc(Br)c1)S(=O)(=O)c1ncccc1NN. The first-order valence-electron chi connectivity index (χ1n) is 6.07. The molecule has 0 fully saturated rings. The van der Waals surface area contributed by atoms with Gasteiger partial charge >= 0.3 is 0 Å². The Morgan fingerprint density at radius 1 is 1.33 bits per heavy atom. The number of halogens is 1. The Labute approximate surface area is 132 Å². The minimum atomic E-state index is -3.73. The summed E-state index contributed by atoms with van der Waals surface area (Å²) in [7, 11) is -2.22. The molecule has 0 aliphatic heterocycles. The number of nitrogens with two attached hydrogens (primary N) is 1. The van der Waals surface area contributed by atoms with Gasteiger partial charge in [-0.2, -0.15) is 4.31 Å². The Balaban J connectivity index is 2.31. The van der Waals surface area contributed by atoms with Gasteiger partial charge in [-0.15, -0.1) is 0 Å². The first-order valence-corrected chi connectivity index (χ1v) is 8.31. The second-order valence-corrected chi connectivity index (χ2v) is 7.27. The van der Waals surface area contributed by atoms with Gasteiger partial charge in [-0.05, 0) is 29.8 Å². The van der Waals surface area contributed by atoms with Crippen molar-refractivity contribution in [2.45, 2.75) is 11.6 Å². The van der Waals surface area contributed by atoms with Gasteiger partial charge in [-0.3, -0.25) is 5.84 Å². The molecule has 6 nitrogen and oxygen atoms in total. The number of nitrogens with one attached hydrogen (secondary N) is 1. The molecule has 0 bridgehead atoms. The van der Waals surface area contributed by atoms with Crippen molar-refractivity contribution in [2.24, 2.45) is 5.84 Å². The highest BCUT2D eigenvalue weighted by Crippen LogP contribution is 2.22. The molecule has 0 amide bonds. The van der Waals surface area contributed by atoms with Gasteiger partial charge in [0.2, 0.25) is 0 Å². The molecule has 0 saturated carbocycles. The van der Waals surface area contributed by atoms with E-state index in [1.807, 2.05) is 24.3 Å². The summed E-state index contributed by atoms with van der Waals surface area (Å²) in [6, 6.07) is 10.6. The van der Waals surface area contributed by atoms with Gasteiger partial charge in [0.25, 0.3) is 10.0 Å². The maximum Gasteiger partial charge on any atom is 0.262 e. The standard InChI is InChI=1S/C13H15BrN4O2S/c1-18(9-10-4-2-5-11(14)8-10)21(19,20)13-12(17-15)6-3-7-16-13/h2-8,17H,9,15H2,1H3. The molecule has 8 heteroatoms. The predicted molar refractivity (Wildman–Crippen MR) is 84.8 cm³/mol. The van der Waals surface area contributed by atoms with Gasteiger partial charge in [-0.1, -0.05) is 28.1 Å². The summed E-state index contributed by atoms with van der Waals surface area (Å²) in [6.45, 7) is 0.238. The molecular formula is C13H15BrN4O2S.